The van der Waals surface area contributed by atoms with Crippen LogP contribution in [0.4, 0.5) is 20.2 Å². The van der Waals surface area contributed by atoms with Crippen LogP contribution >= 0.6 is 0 Å². The van der Waals surface area contributed by atoms with Crippen LogP contribution in [0.5, 0.6) is 5.75 Å². The predicted octanol–water partition coefficient (Wildman–Crippen LogP) is 3.29. The minimum atomic E-state index is -2.78. The van der Waals surface area contributed by atoms with Crippen molar-refractivity contribution in [3.05, 3.63) is 54.1 Å². The van der Waals surface area contributed by atoms with E-state index in [4.69, 9.17) is 4.74 Å². The van der Waals surface area contributed by atoms with Gasteiger partial charge in [-0.05, 0) is 17.7 Å². The van der Waals surface area contributed by atoms with Gasteiger partial charge in [0.15, 0.2) is 6.04 Å². The number of carbonyl (C=O) groups is 1. The summed E-state index contributed by atoms with van der Waals surface area (Å²) in [5.74, 6) is -0.157. The van der Waals surface area contributed by atoms with Gasteiger partial charge in [0.2, 0.25) is 0 Å². The van der Waals surface area contributed by atoms with E-state index in [1.165, 1.54) is 12.0 Å². The van der Waals surface area contributed by atoms with Gasteiger partial charge in [-0.15, -0.1) is 0 Å². The fourth-order valence-corrected chi connectivity index (χ4v) is 2.70. The Morgan fingerprint density at radius 2 is 1.96 bits per heavy atom. The first-order valence-electron chi connectivity index (χ1n) is 7.18. The van der Waals surface area contributed by atoms with Gasteiger partial charge in [0, 0.05) is 12.6 Å². The van der Waals surface area contributed by atoms with Crippen molar-refractivity contribution in [1.82, 2.24) is 0 Å². The Morgan fingerprint density at radius 1 is 1.22 bits per heavy atom. The first kappa shape index (κ1) is 15.3. The Labute approximate surface area is 132 Å². The van der Waals surface area contributed by atoms with Gasteiger partial charge < -0.3 is 15.0 Å². The summed E-state index contributed by atoms with van der Waals surface area (Å²) in [6.07, 6.45) is -2.78. The van der Waals surface area contributed by atoms with Gasteiger partial charge >= 0.3 is 0 Å². The molecule has 1 unspecified atom stereocenters. The van der Waals surface area contributed by atoms with Gasteiger partial charge in [0.05, 0.1) is 18.5 Å². The number of fused-ring (bicyclic) bond motifs is 1. The molecule has 0 bridgehead atoms. The van der Waals surface area contributed by atoms with Gasteiger partial charge in [-0.3, -0.25) is 4.79 Å². The third-order valence-corrected chi connectivity index (χ3v) is 3.81. The maximum absolute atomic E-state index is 13.4. The number of halogens is 2. The lowest BCUT2D eigenvalue weighted by Gasteiger charge is -2.37. The summed E-state index contributed by atoms with van der Waals surface area (Å²) in [5.41, 5.74) is 1.89. The van der Waals surface area contributed by atoms with E-state index in [0.29, 0.717) is 17.1 Å². The highest BCUT2D eigenvalue weighted by molar-refractivity contribution is 6.04. The number of ether oxygens (including phenoxy) is 1. The van der Waals surface area contributed by atoms with Crippen molar-refractivity contribution in [2.24, 2.45) is 0 Å². The smallest absolute Gasteiger partial charge is 0.267 e. The SMILES string of the molecule is COc1ccc2c(c1)NC(=O)C(C(F)F)N2Cc1ccccc1. The fraction of sp³-hybridized carbons (Fsp3) is 0.235. The van der Waals surface area contributed by atoms with Gasteiger partial charge in [0.25, 0.3) is 12.3 Å². The standard InChI is InChI=1S/C17H16F2N2O2/c1-23-12-7-8-14-13(9-12)20-17(22)15(16(18)19)21(14)10-11-5-3-2-4-6-11/h2-9,15-16H,10H2,1H3,(H,20,22). The van der Waals surface area contributed by atoms with Gasteiger partial charge in [0.1, 0.15) is 5.75 Å². The molecule has 1 heterocycles. The number of nitrogens with zero attached hydrogens (tertiary/aromatic N) is 1. The van der Waals surface area contributed by atoms with Crippen LogP contribution in [-0.2, 0) is 11.3 Å². The molecule has 1 aliphatic rings. The molecule has 1 N–H and O–H groups in total. The molecule has 23 heavy (non-hydrogen) atoms. The number of benzene rings is 2. The summed E-state index contributed by atoms with van der Waals surface area (Å²) in [7, 11) is 1.51. The molecule has 0 aromatic heterocycles. The van der Waals surface area contributed by atoms with E-state index in [1.807, 2.05) is 30.3 Å². The van der Waals surface area contributed by atoms with Crippen molar-refractivity contribution in [3.63, 3.8) is 0 Å². The quantitative estimate of drug-likeness (QED) is 0.940. The highest BCUT2D eigenvalue weighted by Gasteiger charge is 2.39. The van der Waals surface area contributed by atoms with Gasteiger partial charge in [-0.1, -0.05) is 30.3 Å². The van der Waals surface area contributed by atoms with E-state index >= 15 is 0 Å². The molecule has 4 nitrogen and oxygen atoms in total. The van der Waals surface area contributed by atoms with Crippen LogP contribution in [0.1, 0.15) is 5.56 Å². The molecule has 0 radical (unpaired) electrons. The number of carbonyl (C=O) groups excluding carboxylic acids is 1. The molecule has 3 rings (SSSR count). The largest absolute Gasteiger partial charge is 0.497 e. The molecule has 1 atom stereocenters. The highest BCUT2D eigenvalue weighted by atomic mass is 19.3. The van der Waals surface area contributed by atoms with Crippen LogP contribution in [-0.4, -0.2) is 25.5 Å². The topological polar surface area (TPSA) is 41.6 Å². The van der Waals surface area contributed by atoms with Crippen LogP contribution < -0.4 is 15.0 Å². The average Bonchev–Trinajstić information content (AvgIpc) is 2.54. The summed E-state index contributed by atoms with van der Waals surface area (Å²) in [5, 5.41) is 2.54. The molecular weight excluding hydrogens is 302 g/mol. The first-order chi connectivity index (χ1) is 11.1. The third kappa shape index (κ3) is 2.97. The number of amides is 1. The molecule has 0 saturated carbocycles. The van der Waals surface area contributed by atoms with Gasteiger partial charge in [-0.2, -0.15) is 0 Å². The molecule has 0 spiro atoms. The Morgan fingerprint density at radius 3 is 2.61 bits per heavy atom. The van der Waals surface area contributed by atoms with Crippen LogP contribution in [0.3, 0.4) is 0 Å². The van der Waals surface area contributed by atoms with E-state index in [0.717, 1.165) is 5.56 Å². The van der Waals surface area contributed by atoms with Crippen molar-refractivity contribution >= 4 is 17.3 Å². The molecule has 1 aliphatic heterocycles. The van der Waals surface area contributed by atoms with Gasteiger partial charge in [-0.25, -0.2) is 8.78 Å². The summed E-state index contributed by atoms with van der Waals surface area (Å²) < 4.78 is 32.0. The predicted molar refractivity (Wildman–Crippen MR) is 84.0 cm³/mol. The number of rotatable bonds is 4. The maximum Gasteiger partial charge on any atom is 0.267 e. The number of hydrogen-bond donors (Lipinski definition) is 1. The zero-order chi connectivity index (χ0) is 16.4. The van der Waals surface area contributed by atoms with Crippen molar-refractivity contribution in [2.75, 3.05) is 17.3 Å². The minimum Gasteiger partial charge on any atom is -0.497 e. The molecule has 6 heteroatoms. The first-order valence-corrected chi connectivity index (χ1v) is 7.18. The van der Waals surface area contributed by atoms with Crippen molar-refractivity contribution < 1.29 is 18.3 Å². The van der Waals surface area contributed by atoms with E-state index < -0.39 is 18.4 Å². The van der Waals surface area contributed by atoms with Crippen LogP contribution in [0.15, 0.2) is 48.5 Å². The van der Waals surface area contributed by atoms with Crippen LogP contribution in [0.2, 0.25) is 0 Å². The normalized spacial score (nSPS) is 17.0. The van der Waals surface area contributed by atoms with Crippen molar-refractivity contribution in [1.29, 1.82) is 0 Å². The van der Waals surface area contributed by atoms with Crippen LogP contribution in [0, 0.1) is 0 Å². The molecule has 1 amide bonds. The molecular formula is C17H16F2N2O2. The van der Waals surface area contributed by atoms with E-state index in [9.17, 15) is 13.6 Å². The number of methoxy groups -OCH3 is 1. The zero-order valence-corrected chi connectivity index (χ0v) is 12.5. The molecule has 2 aromatic carbocycles. The Bertz CT molecular complexity index is 707. The fourth-order valence-electron chi connectivity index (χ4n) is 2.70. The summed E-state index contributed by atoms with van der Waals surface area (Å²) in [4.78, 5) is 13.6. The van der Waals surface area contributed by atoms with Crippen molar-refractivity contribution in [2.45, 2.75) is 19.0 Å². The van der Waals surface area contributed by atoms with E-state index in [-0.39, 0.29) is 6.54 Å². The van der Waals surface area contributed by atoms with E-state index in [1.54, 1.807) is 18.2 Å². The van der Waals surface area contributed by atoms with E-state index in [2.05, 4.69) is 5.32 Å². The summed E-state index contributed by atoms with van der Waals surface area (Å²) >= 11 is 0. The number of alkyl halides is 2. The lowest BCUT2D eigenvalue weighted by molar-refractivity contribution is -0.120. The molecule has 0 aliphatic carbocycles. The monoisotopic (exact) mass is 318 g/mol. The second kappa shape index (κ2) is 6.24. The summed E-state index contributed by atoms with van der Waals surface area (Å²) in [6, 6.07) is 12.7. The second-order valence-electron chi connectivity index (χ2n) is 5.27. The number of hydrogen-bond acceptors (Lipinski definition) is 3. The molecule has 0 saturated heterocycles. The summed E-state index contributed by atoms with van der Waals surface area (Å²) in [6.45, 7) is 0.225. The number of nitrogens with one attached hydrogen (secondary N) is 1. The van der Waals surface area contributed by atoms with Crippen molar-refractivity contribution in [3.8, 4) is 5.75 Å². The number of anilines is 2. The molecule has 2 aromatic rings. The lowest BCUT2D eigenvalue weighted by atomic mass is 10.1. The van der Waals surface area contributed by atoms with Crippen LogP contribution in [0.25, 0.3) is 0 Å². The molecule has 120 valence electrons. The Hall–Kier alpha value is -2.63. The Kier molecular flexibility index (Phi) is 4.14. The highest BCUT2D eigenvalue weighted by Crippen LogP contribution is 2.37. The molecule has 0 fully saturated rings. The minimum absolute atomic E-state index is 0.225. The Balaban J connectivity index is 2.03. The lowest BCUT2D eigenvalue weighted by Crippen LogP contribution is -2.51. The maximum atomic E-state index is 13.4. The average molecular weight is 318 g/mol. The second-order valence-corrected chi connectivity index (χ2v) is 5.27. The third-order valence-electron chi connectivity index (χ3n) is 3.81. The zero-order valence-electron chi connectivity index (χ0n) is 12.5.